The average Bonchev–Trinajstić information content (AvgIpc) is 2.65. The van der Waals surface area contributed by atoms with Crippen LogP contribution in [0.25, 0.3) is 0 Å². The Bertz CT molecular complexity index is 809. The highest BCUT2D eigenvalue weighted by Crippen LogP contribution is 2.23. The maximum atomic E-state index is 12.3. The Labute approximate surface area is 161 Å². The van der Waals surface area contributed by atoms with Gasteiger partial charge in [-0.15, -0.1) is 0 Å². The fourth-order valence-corrected chi connectivity index (χ4v) is 2.88. The molecular weight excluding hydrogens is 340 g/mol. The fraction of sp³-hybridized carbons (Fsp3) is 0.364. The minimum Gasteiger partial charge on any atom is -0.483 e. The van der Waals surface area contributed by atoms with Crippen molar-refractivity contribution in [1.82, 2.24) is 4.90 Å². The van der Waals surface area contributed by atoms with Gasteiger partial charge in [-0.05, 0) is 81.6 Å². The summed E-state index contributed by atoms with van der Waals surface area (Å²) in [5, 5.41) is 2.80. The first-order valence-corrected chi connectivity index (χ1v) is 9.25. The first-order valence-electron chi connectivity index (χ1n) is 9.25. The Balaban J connectivity index is 1.95. The number of hydrogen-bond donors (Lipinski definition) is 1. The summed E-state index contributed by atoms with van der Waals surface area (Å²) in [5.74, 6) is 0.477. The van der Waals surface area contributed by atoms with Crippen LogP contribution in [0.3, 0.4) is 0 Å². The SMILES string of the molecule is CCN(CC)C(=O)c1ccc(NC(=O)COc2cc(C)cc(C)c2C)cc1. The number of hydrogen-bond acceptors (Lipinski definition) is 3. The van der Waals surface area contributed by atoms with Crippen molar-refractivity contribution >= 4 is 17.5 Å². The highest BCUT2D eigenvalue weighted by Gasteiger charge is 2.13. The van der Waals surface area contributed by atoms with Gasteiger partial charge in [-0.1, -0.05) is 6.07 Å². The highest BCUT2D eigenvalue weighted by atomic mass is 16.5. The van der Waals surface area contributed by atoms with Gasteiger partial charge in [0.1, 0.15) is 5.75 Å². The number of amides is 2. The average molecular weight is 368 g/mol. The molecular formula is C22H28N2O3. The molecule has 1 N–H and O–H groups in total. The molecule has 0 aliphatic carbocycles. The van der Waals surface area contributed by atoms with E-state index in [9.17, 15) is 9.59 Å². The number of carbonyl (C=O) groups is 2. The molecule has 5 heteroatoms. The van der Waals surface area contributed by atoms with Crippen LogP contribution in [0.2, 0.25) is 0 Å². The summed E-state index contributed by atoms with van der Waals surface area (Å²) in [5.41, 5.74) is 4.52. The topological polar surface area (TPSA) is 58.6 Å². The van der Waals surface area contributed by atoms with Gasteiger partial charge in [0, 0.05) is 24.3 Å². The van der Waals surface area contributed by atoms with Gasteiger partial charge in [0.15, 0.2) is 6.61 Å². The number of ether oxygens (including phenoxy) is 1. The van der Waals surface area contributed by atoms with E-state index in [4.69, 9.17) is 4.74 Å². The normalized spacial score (nSPS) is 10.4. The lowest BCUT2D eigenvalue weighted by molar-refractivity contribution is -0.118. The van der Waals surface area contributed by atoms with Crippen LogP contribution in [0, 0.1) is 20.8 Å². The van der Waals surface area contributed by atoms with Gasteiger partial charge in [-0.2, -0.15) is 0 Å². The molecule has 0 heterocycles. The zero-order chi connectivity index (χ0) is 20.0. The van der Waals surface area contributed by atoms with Crippen LogP contribution in [0.1, 0.15) is 40.9 Å². The molecule has 0 fully saturated rings. The first kappa shape index (κ1) is 20.5. The number of aryl methyl sites for hydroxylation is 2. The second kappa shape index (κ2) is 9.21. The third-order valence-corrected chi connectivity index (χ3v) is 4.59. The molecule has 0 aromatic heterocycles. The number of carbonyl (C=O) groups excluding carboxylic acids is 2. The molecule has 0 atom stereocenters. The Kier molecular flexibility index (Phi) is 6.99. The summed E-state index contributed by atoms with van der Waals surface area (Å²) in [6, 6.07) is 10.9. The number of benzene rings is 2. The van der Waals surface area contributed by atoms with Gasteiger partial charge in [-0.25, -0.2) is 0 Å². The molecule has 0 saturated carbocycles. The zero-order valence-corrected chi connectivity index (χ0v) is 16.8. The maximum absolute atomic E-state index is 12.3. The predicted octanol–water partition coefficient (Wildman–Crippen LogP) is 4.11. The van der Waals surface area contributed by atoms with Crippen molar-refractivity contribution in [2.24, 2.45) is 0 Å². The van der Waals surface area contributed by atoms with E-state index in [1.54, 1.807) is 29.2 Å². The number of rotatable bonds is 7. The summed E-state index contributed by atoms with van der Waals surface area (Å²) in [6.45, 7) is 11.2. The monoisotopic (exact) mass is 368 g/mol. The zero-order valence-electron chi connectivity index (χ0n) is 16.8. The second-order valence-electron chi connectivity index (χ2n) is 6.60. The van der Waals surface area contributed by atoms with Gasteiger partial charge in [0.2, 0.25) is 0 Å². The molecule has 27 heavy (non-hydrogen) atoms. The molecule has 0 bridgehead atoms. The lowest BCUT2D eigenvalue weighted by atomic mass is 10.1. The molecule has 2 rings (SSSR count). The van der Waals surface area contributed by atoms with E-state index in [1.807, 2.05) is 40.7 Å². The largest absolute Gasteiger partial charge is 0.483 e. The van der Waals surface area contributed by atoms with Crippen LogP contribution in [0.4, 0.5) is 5.69 Å². The fourth-order valence-electron chi connectivity index (χ4n) is 2.88. The van der Waals surface area contributed by atoms with Crippen molar-refractivity contribution in [3.05, 3.63) is 58.7 Å². The smallest absolute Gasteiger partial charge is 0.262 e. The van der Waals surface area contributed by atoms with E-state index in [0.717, 1.165) is 22.4 Å². The van der Waals surface area contributed by atoms with Gasteiger partial charge in [0.05, 0.1) is 0 Å². The molecule has 0 aliphatic rings. The highest BCUT2D eigenvalue weighted by molar-refractivity contribution is 5.96. The first-order chi connectivity index (χ1) is 12.8. The lowest BCUT2D eigenvalue weighted by Gasteiger charge is -2.18. The Hall–Kier alpha value is -2.82. The van der Waals surface area contributed by atoms with Crippen LogP contribution in [-0.2, 0) is 4.79 Å². The maximum Gasteiger partial charge on any atom is 0.262 e. The Morgan fingerprint density at radius 1 is 1.00 bits per heavy atom. The number of nitrogens with one attached hydrogen (secondary N) is 1. The van der Waals surface area contributed by atoms with Gasteiger partial charge in [-0.3, -0.25) is 9.59 Å². The number of anilines is 1. The molecule has 2 aromatic carbocycles. The van der Waals surface area contributed by atoms with Crippen LogP contribution in [-0.4, -0.2) is 36.4 Å². The summed E-state index contributed by atoms with van der Waals surface area (Å²) in [7, 11) is 0. The molecule has 0 aliphatic heterocycles. The van der Waals surface area contributed by atoms with Gasteiger partial charge in [0.25, 0.3) is 11.8 Å². The Morgan fingerprint density at radius 3 is 2.22 bits per heavy atom. The summed E-state index contributed by atoms with van der Waals surface area (Å²) in [4.78, 5) is 26.2. The van der Waals surface area contributed by atoms with E-state index in [1.165, 1.54) is 0 Å². The molecule has 144 valence electrons. The molecule has 2 aromatic rings. The van der Waals surface area contributed by atoms with E-state index >= 15 is 0 Å². The van der Waals surface area contributed by atoms with E-state index in [-0.39, 0.29) is 18.4 Å². The van der Waals surface area contributed by atoms with Crippen molar-refractivity contribution in [2.75, 3.05) is 25.0 Å². The molecule has 2 amide bonds. The second-order valence-corrected chi connectivity index (χ2v) is 6.60. The van der Waals surface area contributed by atoms with Crippen molar-refractivity contribution in [2.45, 2.75) is 34.6 Å². The van der Waals surface area contributed by atoms with E-state index in [0.29, 0.717) is 24.3 Å². The molecule has 0 spiro atoms. The molecule has 0 saturated heterocycles. The third-order valence-electron chi connectivity index (χ3n) is 4.59. The number of nitrogens with zero attached hydrogens (tertiary/aromatic N) is 1. The van der Waals surface area contributed by atoms with Crippen molar-refractivity contribution in [1.29, 1.82) is 0 Å². The summed E-state index contributed by atoms with van der Waals surface area (Å²) in [6.07, 6.45) is 0. The van der Waals surface area contributed by atoms with Crippen molar-refractivity contribution < 1.29 is 14.3 Å². The van der Waals surface area contributed by atoms with Crippen LogP contribution < -0.4 is 10.1 Å². The van der Waals surface area contributed by atoms with Crippen LogP contribution in [0.15, 0.2) is 36.4 Å². The third kappa shape index (κ3) is 5.33. The summed E-state index contributed by atoms with van der Waals surface area (Å²) >= 11 is 0. The summed E-state index contributed by atoms with van der Waals surface area (Å²) < 4.78 is 5.68. The minimum atomic E-state index is -0.239. The standard InChI is InChI=1S/C22H28N2O3/c1-6-24(7-2)22(26)18-8-10-19(11-9-18)23-21(25)14-27-20-13-15(3)12-16(4)17(20)5/h8-13H,6-7,14H2,1-5H3,(H,23,25). The van der Waals surface area contributed by atoms with Gasteiger partial charge < -0.3 is 15.0 Å². The van der Waals surface area contributed by atoms with Gasteiger partial charge >= 0.3 is 0 Å². The lowest BCUT2D eigenvalue weighted by Crippen LogP contribution is -2.30. The van der Waals surface area contributed by atoms with E-state index in [2.05, 4.69) is 11.4 Å². The van der Waals surface area contributed by atoms with E-state index < -0.39 is 0 Å². The predicted molar refractivity (Wildman–Crippen MR) is 108 cm³/mol. The molecule has 0 radical (unpaired) electrons. The van der Waals surface area contributed by atoms with Crippen molar-refractivity contribution in [3.8, 4) is 5.75 Å². The molecule has 5 nitrogen and oxygen atoms in total. The minimum absolute atomic E-state index is 0.00787. The van der Waals surface area contributed by atoms with Crippen LogP contribution >= 0.6 is 0 Å². The van der Waals surface area contributed by atoms with Crippen molar-refractivity contribution in [3.63, 3.8) is 0 Å². The Morgan fingerprint density at radius 2 is 1.63 bits per heavy atom. The quantitative estimate of drug-likeness (QED) is 0.800. The molecule has 0 unspecified atom stereocenters. The van der Waals surface area contributed by atoms with Crippen LogP contribution in [0.5, 0.6) is 5.75 Å².